The maximum atomic E-state index is 6.24. The number of rotatable bonds is 3. The van der Waals surface area contributed by atoms with Crippen LogP contribution in [0.1, 0.15) is 66.7 Å². The Hall–Kier alpha value is -0.120. The number of hydrogen-bond acceptors (Lipinski definition) is 3. The van der Waals surface area contributed by atoms with E-state index in [9.17, 15) is 0 Å². The summed E-state index contributed by atoms with van der Waals surface area (Å²) >= 11 is 0. The van der Waals surface area contributed by atoms with Gasteiger partial charge in [-0.25, -0.2) is 0 Å². The minimum atomic E-state index is -0.0911. The number of ether oxygens (including phenoxy) is 1. The molecule has 0 spiro atoms. The summed E-state index contributed by atoms with van der Waals surface area (Å²) in [5.74, 6) is 6.41. The fourth-order valence-electron chi connectivity index (χ4n) is 4.42. The Labute approximate surface area is 112 Å². The number of nitrogens with one attached hydrogen (secondary N) is 1. The van der Waals surface area contributed by atoms with Crippen LogP contribution in [0.15, 0.2) is 0 Å². The first-order chi connectivity index (χ1) is 8.20. The zero-order valence-electron chi connectivity index (χ0n) is 12.7. The fraction of sp³-hybridized carbons (Fsp3) is 1.00. The molecule has 2 atom stereocenters. The van der Waals surface area contributed by atoms with Crippen molar-refractivity contribution in [3.8, 4) is 0 Å². The van der Waals surface area contributed by atoms with Gasteiger partial charge in [0.15, 0.2) is 0 Å². The first-order valence-corrected chi connectivity index (χ1v) is 7.37. The summed E-state index contributed by atoms with van der Waals surface area (Å²) in [5.41, 5.74) is 3.35. The minimum Gasteiger partial charge on any atom is -0.369 e. The zero-order chi connectivity index (χ0) is 13.6. The lowest BCUT2D eigenvalue weighted by Crippen LogP contribution is -2.54. The molecule has 3 heteroatoms. The third-order valence-electron chi connectivity index (χ3n) is 5.22. The molecule has 18 heavy (non-hydrogen) atoms. The van der Waals surface area contributed by atoms with Gasteiger partial charge in [-0.1, -0.05) is 19.8 Å². The molecular formula is C15H30N2O. The molecule has 0 bridgehead atoms. The van der Waals surface area contributed by atoms with E-state index in [0.717, 1.165) is 6.42 Å². The van der Waals surface area contributed by atoms with Crippen molar-refractivity contribution in [2.75, 3.05) is 0 Å². The minimum absolute atomic E-state index is 0.0295. The molecule has 1 aliphatic carbocycles. The van der Waals surface area contributed by atoms with Crippen LogP contribution in [0.5, 0.6) is 0 Å². The van der Waals surface area contributed by atoms with Crippen LogP contribution in [0.25, 0.3) is 0 Å². The molecule has 3 N–H and O–H groups in total. The molecule has 3 nitrogen and oxygen atoms in total. The SMILES string of the molecule is CC1(C)CC(C(NN)C2(C)CCCC2)C(C)(C)O1. The van der Waals surface area contributed by atoms with Gasteiger partial charge in [0.25, 0.3) is 0 Å². The predicted molar refractivity (Wildman–Crippen MR) is 75.0 cm³/mol. The molecule has 0 amide bonds. The molecule has 0 aromatic heterocycles. The van der Waals surface area contributed by atoms with Crippen molar-refractivity contribution in [3.05, 3.63) is 0 Å². The van der Waals surface area contributed by atoms with Crippen molar-refractivity contribution in [1.82, 2.24) is 5.43 Å². The molecular weight excluding hydrogens is 224 g/mol. The molecule has 2 aliphatic rings. The summed E-state index contributed by atoms with van der Waals surface area (Å²) in [6, 6.07) is 0.358. The second-order valence-corrected chi connectivity index (χ2v) is 7.78. The van der Waals surface area contributed by atoms with Crippen LogP contribution in [-0.2, 0) is 4.74 Å². The fourth-order valence-corrected chi connectivity index (χ4v) is 4.42. The van der Waals surface area contributed by atoms with Crippen LogP contribution in [0.3, 0.4) is 0 Å². The van der Waals surface area contributed by atoms with E-state index in [2.05, 4.69) is 40.0 Å². The Bertz CT molecular complexity index is 306. The number of hydrogen-bond donors (Lipinski definition) is 2. The van der Waals surface area contributed by atoms with Crippen molar-refractivity contribution in [2.24, 2.45) is 17.2 Å². The van der Waals surface area contributed by atoms with Crippen LogP contribution >= 0.6 is 0 Å². The summed E-state index contributed by atoms with van der Waals surface area (Å²) in [5, 5.41) is 0. The van der Waals surface area contributed by atoms with Gasteiger partial charge in [-0.05, 0) is 52.4 Å². The molecule has 0 radical (unpaired) electrons. The van der Waals surface area contributed by atoms with E-state index in [0.29, 0.717) is 17.4 Å². The van der Waals surface area contributed by atoms with E-state index in [1.165, 1.54) is 25.7 Å². The second-order valence-electron chi connectivity index (χ2n) is 7.78. The summed E-state index contributed by atoms with van der Waals surface area (Å²) in [6.45, 7) is 11.2. The van der Waals surface area contributed by atoms with E-state index in [4.69, 9.17) is 10.6 Å². The average Bonchev–Trinajstić information content (AvgIpc) is 2.71. The number of hydrazine groups is 1. The topological polar surface area (TPSA) is 47.3 Å². The molecule has 2 unspecified atom stereocenters. The lowest BCUT2D eigenvalue weighted by molar-refractivity contribution is -0.0825. The summed E-state index contributed by atoms with van der Waals surface area (Å²) < 4.78 is 6.24. The largest absolute Gasteiger partial charge is 0.369 e. The maximum absolute atomic E-state index is 6.24. The Morgan fingerprint density at radius 2 is 1.67 bits per heavy atom. The first kappa shape index (κ1) is 14.3. The lowest BCUT2D eigenvalue weighted by atomic mass is 9.69. The van der Waals surface area contributed by atoms with Gasteiger partial charge in [-0.2, -0.15) is 0 Å². The van der Waals surface area contributed by atoms with E-state index >= 15 is 0 Å². The molecule has 2 fully saturated rings. The van der Waals surface area contributed by atoms with Gasteiger partial charge in [0.2, 0.25) is 0 Å². The van der Waals surface area contributed by atoms with Gasteiger partial charge in [-0.15, -0.1) is 0 Å². The van der Waals surface area contributed by atoms with Crippen LogP contribution in [0.2, 0.25) is 0 Å². The van der Waals surface area contributed by atoms with E-state index < -0.39 is 0 Å². The highest BCUT2D eigenvalue weighted by molar-refractivity contribution is 5.04. The Morgan fingerprint density at radius 1 is 1.11 bits per heavy atom. The Kier molecular flexibility index (Phi) is 3.54. The van der Waals surface area contributed by atoms with Crippen LogP contribution in [0, 0.1) is 11.3 Å². The zero-order valence-corrected chi connectivity index (χ0v) is 12.7. The summed E-state index contributed by atoms with van der Waals surface area (Å²) in [4.78, 5) is 0. The van der Waals surface area contributed by atoms with Crippen LogP contribution in [-0.4, -0.2) is 17.2 Å². The van der Waals surface area contributed by atoms with E-state index in [1.807, 2.05) is 0 Å². The Balaban J connectivity index is 2.22. The lowest BCUT2D eigenvalue weighted by Gasteiger charge is -2.42. The van der Waals surface area contributed by atoms with Crippen molar-refractivity contribution < 1.29 is 4.74 Å². The molecule has 1 saturated carbocycles. The summed E-state index contributed by atoms with van der Waals surface area (Å²) in [6.07, 6.45) is 6.34. The average molecular weight is 254 g/mol. The van der Waals surface area contributed by atoms with Crippen LogP contribution in [0.4, 0.5) is 0 Å². The van der Waals surface area contributed by atoms with Gasteiger partial charge in [0.1, 0.15) is 0 Å². The first-order valence-electron chi connectivity index (χ1n) is 7.37. The van der Waals surface area contributed by atoms with Crippen LogP contribution < -0.4 is 11.3 Å². The smallest absolute Gasteiger partial charge is 0.0678 e. The molecule has 0 aromatic rings. The molecule has 106 valence electrons. The van der Waals surface area contributed by atoms with Crippen molar-refractivity contribution >= 4 is 0 Å². The van der Waals surface area contributed by atoms with Gasteiger partial charge < -0.3 is 4.74 Å². The molecule has 1 aliphatic heterocycles. The summed E-state index contributed by atoms with van der Waals surface area (Å²) in [7, 11) is 0. The van der Waals surface area contributed by atoms with Gasteiger partial charge >= 0.3 is 0 Å². The van der Waals surface area contributed by atoms with E-state index in [-0.39, 0.29) is 11.2 Å². The highest BCUT2D eigenvalue weighted by Crippen LogP contribution is 2.51. The number of nitrogens with two attached hydrogens (primary N) is 1. The maximum Gasteiger partial charge on any atom is 0.0678 e. The van der Waals surface area contributed by atoms with Gasteiger partial charge in [-0.3, -0.25) is 11.3 Å². The molecule has 2 rings (SSSR count). The third-order valence-corrected chi connectivity index (χ3v) is 5.22. The highest BCUT2D eigenvalue weighted by atomic mass is 16.5. The van der Waals surface area contributed by atoms with Crippen molar-refractivity contribution in [3.63, 3.8) is 0 Å². The molecule has 1 heterocycles. The quantitative estimate of drug-likeness (QED) is 0.601. The normalized spacial score (nSPS) is 34.7. The highest BCUT2D eigenvalue weighted by Gasteiger charge is 2.53. The monoisotopic (exact) mass is 254 g/mol. The van der Waals surface area contributed by atoms with Crippen molar-refractivity contribution in [2.45, 2.75) is 84.0 Å². The van der Waals surface area contributed by atoms with Gasteiger partial charge in [0.05, 0.1) is 11.2 Å². The van der Waals surface area contributed by atoms with E-state index in [1.54, 1.807) is 0 Å². The van der Waals surface area contributed by atoms with Crippen molar-refractivity contribution in [1.29, 1.82) is 0 Å². The Morgan fingerprint density at radius 3 is 2.06 bits per heavy atom. The van der Waals surface area contributed by atoms with Gasteiger partial charge in [0, 0.05) is 12.0 Å². The molecule has 1 saturated heterocycles. The standard InChI is InChI=1S/C15H30N2O/c1-13(2)10-11(14(3,4)18-13)12(17-16)15(5)8-6-7-9-15/h11-12,17H,6-10,16H2,1-5H3. The molecule has 0 aromatic carbocycles. The third kappa shape index (κ3) is 2.45. The predicted octanol–water partition coefficient (Wildman–Crippen LogP) is 2.99. The second kappa shape index (κ2) is 4.46.